The van der Waals surface area contributed by atoms with E-state index in [1.165, 1.54) is 0 Å². The number of ether oxygens (including phenoxy) is 1. The monoisotopic (exact) mass is 379 g/mol. The van der Waals surface area contributed by atoms with Crippen molar-refractivity contribution in [2.45, 2.75) is 5.92 Å². The summed E-state index contributed by atoms with van der Waals surface area (Å²) >= 11 is 0. The Labute approximate surface area is 166 Å². The maximum Gasteiger partial charge on any atom is 0.258 e. The minimum Gasteiger partial charge on any atom is -0.439 e. The number of hydrogen-bond acceptors (Lipinski definition) is 4. The number of nitrogens with zero attached hydrogens (tertiary/aromatic N) is 2. The Hall–Kier alpha value is -4.04. The first kappa shape index (κ1) is 17.1. The summed E-state index contributed by atoms with van der Waals surface area (Å²) in [5.74, 6) is -0.132. The molecule has 0 amide bonds. The molecular formula is C24H17N3O2. The molecule has 0 radical (unpaired) electrons. The highest BCUT2D eigenvalue weighted by Crippen LogP contribution is 2.44. The number of nitrogens with two attached hydrogens (primary N) is 1. The summed E-state index contributed by atoms with van der Waals surface area (Å²) in [5, 5.41) is 12.7. The molecule has 29 heavy (non-hydrogen) atoms. The van der Waals surface area contributed by atoms with E-state index in [4.69, 9.17) is 10.5 Å². The Morgan fingerprint density at radius 3 is 2.48 bits per heavy atom. The molecular weight excluding hydrogens is 362 g/mol. The summed E-state index contributed by atoms with van der Waals surface area (Å²) < 4.78 is 7.47. The van der Waals surface area contributed by atoms with Crippen LogP contribution in [0.4, 0.5) is 0 Å². The molecule has 5 rings (SSSR count). The zero-order chi connectivity index (χ0) is 20.1. The lowest BCUT2D eigenvalue weighted by atomic mass is 9.81. The minimum absolute atomic E-state index is 0.0383. The first-order chi connectivity index (χ1) is 14.1. The summed E-state index contributed by atoms with van der Waals surface area (Å²) in [4.78, 5) is 13.4. The Kier molecular flexibility index (Phi) is 3.68. The molecule has 1 aromatic heterocycles. The van der Waals surface area contributed by atoms with E-state index in [1.54, 1.807) is 11.6 Å². The fourth-order valence-corrected chi connectivity index (χ4v) is 4.24. The number of hydrogen-bond donors (Lipinski definition) is 1. The first-order valence-electron chi connectivity index (χ1n) is 9.28. The van der Waals surface area contributed by atoms with Gasteiger partial charge in [-0.15, -0.1) is 0 Å². The summed E-state index contributed by atoms with van der Waals surface area (Å²) in [7, 11) is 1.73. The number of pyridine rings is 1. The predicted molar refractivity (Wildman–Crippen MR) is 112 cm³/mol. The van der Waals surface area contributed by atoms with Crippen LogP contribution in [0.5, 0.6) is 5.75 Å². The Balaban J connectivity index is 1.95. The van der Waals surface area contributed by atoms with Gasteiger partial charge in [-0.1, -0.05) is 54.6 Å². The van der Waals surface area contributed by atoms with Crippen molar-refractivity contribution in [1.29, 1.82) is 5.26 Å². The van der Waals surface area contributed by atoms with E-state index >= 15 is 0 Å². The molecule has 140 valence electrons. The van der Waals surface area contributed by atoms with Gasteiger partial charge in [-0.05, 0) is 28.5 Å². The molecule has 1 aliphatic heterocycles. The lowest BCUT2D eigenvalue weighted by Crippen LogP contribution is -2.31. The molecule has 0 spiro atoms. The van der Waals surface area contributed by atoms with E-state index in [9.17, 15) is 10.1 Å². The highest BCUT2D eigenvalue weighted by Gasteiger charge is 2.35. The first-order valence-corrected chi connectivity index (χ1v) is 9.28. The number of para-hydroxylation sites is 1. The van der Waals surface area contributed by atoms with Gasteiger partial charge in [0.2, 0.25) is 5.88 Å². The number of fused-ring (bicyclic) bond motifs is 4. The van der Waals surface area contributed by atoms with Gasteiger partial charge < -0.3 is 15.0 Å². The van der Waals surface area contributed by atoms with Gasteiger partial charge in [-0.2, -0.15) is 5.26 Å². The topological polar surface area (TPSA) is 81.0 Å². The van der Waals surface area contributed by atoms with Crippen LogP contribution < -0.4 is 16.0 Å². The van der Waals surface area contributed by atoms with Crippen LogP contribution in [-0.4, -0.2) is 4.57 Å². The van der Waals surface area contributed by atoms with Crippen molar-refractivity contribution < 1.29 is 4.74 Å². The number of aryl methyl sites for hydroxylation is 1. The molecule has 4 aromatic rings. The minimum atomic E-state index is -0.599. The van der Waals surface area contributed by atoms with Gasteiger partial charge in [0.25, 0.3) is 5.56 Å². The zero-order valence-corrected chi connectivity index (χ0v) is 15.7. The van der Waals surface area contributed by atoms with E-state index in [-0.39, 0.29) is 17.0 Å². The van der Waals surface area contributed by atoms with E-state index in [0.717, 1.165) is 27.2 Å². The number of benzene rings is 3. The second kappa shape index (κ2) is 6.25. The van der Waals surface area contributed by atoms with Crippen LogP contribution in [0, 0.1) is 11.3 Å². The van der Waals surface area contributed by atoms with Gasteiger partial charge in [0.15, 0.2) is 0 Å². The van der Waals surface area contributed by atoms with Crippen LogP contribution in [0.2, 0.25) is 0 Å². The van der Waals surface area contributed by atoms with Gasteiger partial charge >= 0.3 is 0 Å². The van der Waals surface area contributed by atoms with Crippen molar-refractivity contribution >= 4 is 21.7 Å². The fourth-order valence-electron chi connectivity index (χ4n) is 4.24. The Morgan fingerprint density at radius 2 is 1.69 bits per heavy atom. The second-order valence-corrected chi connectivity index (χ2v) is 7.12. The maximum absolute atomic E-state index is 13.4. The van der Waals surface area contributed by atoms with Crippen molar-refractivity contribution in [1.82, 2.24) is 4.57 Å². The Bertz CT molecular complexity index is 1440. The van der Waals surface area contributed by atoms with Gasteiger partial charge in [0.05, 0.1) is 17.0 Å². The standard InChI is InChI=1S/C24H17N3O2/c1-27-19-12-5-4-10-17(19)22-21(24(27)28)20(18(13-25)23(26)29-22)16-11-6-8-14-7-2-3-9-15(14)16/h2-12,20H,26H2,1H3. The second-order valence-electron chi connectivity index (χ2n) is 7.12. The molecule has 1 unspecified atom stereocenters. The fraction of sp³-hybridized carbons (Fsp3) is 0.0833. The zero-order valence-electron chi connectivity index (χ0n) is 15.7. The van der Waals surface area contributed by atoms with Crippen LogP contribution in [-0.2, 0) is 7.05 Å². The highest BCUT2D eigenvalue weighted by molar-refractivity contribution is 5.91. The molecule has 0 saturated carbocycles. The van der Waals surface area contributed by atoms with Crippen molar-refractivity contribution in [3.05, 3.63) is 99.7 Å². The van der Waals surface area contributed by atoms with Crippen LogP contribution in [0.25, 0.3) is 21.7 Å². The van der Waals surface area contributed by atoms with E-state index in [2.05, 4.69) is 6.07 Å². The third-order valence-electron chi connectivity index (χ3n) is 5.60. The predicted octanol–water partition coefficient (Wildman–Crippen LogP) is 3.91. The van der Waals surface area contributed by atoms with Crippen molar-refractivity contribution in [2.24, 2.45) is 12.8 Å². The number of rotatable bonds is 1. The van der Waals surface area contributed by atoms with Gasteiger partial charge in [0, 0.05) is 12.4 Å². The van der Waals surface area contributed by atoms with Gasteiger partial charge in [-0.25, -0.2) is 0 Å². The molecule has 1 aliphatic rings. The summed E-state index contributed by atoms with van der Waals surface area (Å²) in [6.07, 6.45) is 0. The molecule has 0 aliphatic carbocycles. The SMILES string of the molecule is Cn1c(=O)c2c(c3ccccc31)OC(N)=C(C#N)C2c1cccc2ccccc12. The third kappa shape index (κ3) is 2.36. The van der Waals surface area contributed by atoms with Crippen molar-refractivity contribution in [3.8, 4) is 11.8 Å². The van der Waals surface area contributed by atoms with Crippen molar-refractivity contribution in [2.75, 3.05) is 0 Å². The molecule has 0 saturated heterocycles. The van der Waals surface area contributed by atoms with Crippen LogP contribution in [0.3, 0.4) is 0 Å². The number of nitriles is 1. The highest BCUT2D eigenvalue weighted by atomic mass is 16.5. The largest absolute Gasteiger partial charge is 0.439 e. The average molecular weight is 379 g/mol. The normalized spacial score (nSPS) is 15.8. The van der Waals surface area contributed by atoms with Crippen LogP contribution in [0.1, 0.15) is 17.0 Å². The van der Waals surface area contributed by atoms with Crippen LogP contribution in [0.15, 0.2) is 83.0 Å². The molecule has 5 heteroatoms. The molecule has 2 heterocycles. The quantitative estimate of drug-likeness (QED) is 0.544. The van der Waals surface area contributed by atoms with Gasteiger partial charge in [0.1, 0.15) is 17.4 Å². The van der Waals surface area contributed by atoms with E-state index in [1.807, 2.05) is 66.7 Å². The maximum atomic E-state index is 13.4. The lowest BCUT2D eigenvalue weighted by molar-refractivity contribution is 0.396. The van der Waals surface area contributed by atoms with E-state index in [0.29, 0.717) is 11.3 Å². The average Bonchev–Trinajstić information content (AvgIpc) is 2.76. The third-order valence-corrected chi connectivity index (χ3v) is 5.60. The molecule has 5 nitrogen and oxygen atoms in total. The number of allylic oxidation sites excluding steroid dienone is 1. The van der Waals surface area contributed by atoms with Crippen molar-refractivity contribution in [3.63, 3.8) is 0 Å². The molecule has 1 atom stereocenters. The smallest absolute Gasteiger partial charge is 0.258 e. The summed E-state index contributed by atoms with van der Waals surface area (Å²) in [5.41, 5.74) is 8.29. The molecule has 0 fully saturated rings. The molecule has 2 N–H and O–H groups in total. The Morgan fingerprint density at radius 1 is 1.00 bits per heavy atom. The summed E-state index contributed by atoms with van der Waals surface area (Å²) in [6, 6.07) is 23.5. The lowest BCUT2D eigenvalue weighted by Gasteiger charge is -2.28. The van der Waals surface area contributed by atoms with E-state index < -0.39 is 5.92 Å². The molecule has 0 bridgehead atoms. The molecule has 3 aromatic carbocycles. The van der Waals surface area contributed by atoms with Crippen LogP contribution >= 0.6 is 0 Å². The summed E-state index contributed by atoms with van der Waals surface area (Å²) in [6.45, 7) is 0. The van der Waals surface area contributed by atoms with Gasteiger partial charge in [-0.3, -0.25) is 4.79 Å². The number of aromatic nitrogens is 1.